The highest BCUT2D eigenvalue weighted by atomic mass is 16.2. The first-order valence-electron chi connectivity index (χ1n) is 6.81. The van der Waals surface area contributed by atoms with Crippen LogP contribution in [-0.2, 0) is 9.59 Å². The van der Waals surface area contributed by atoms with E-state index in [0.717, 1.165) is 6.42 Å². The Kier molecular flexibility index (Phi) is 6.73. The van der Waals surface area contributed by atoms with Crippen LogP contribution in [0.15, 0.2) is 30.3 Å². The highest BCUT2D eigenvalue weighted by Gasteiger charge is 2.12. The smallest absolute Gasteiger partial charge is 0.234 e. The topological polar surface area (TPSA) is 75.4 Å². The van der Waals surface area contributed by atoms with E-state index in [0.29, 0.717) is 12.5 Å². The molecule has 0 heterocycles. The maximum Gasteiger partial charge on any atom is 0.234 e. The Morgan fingerprint density at radius 1 is 1.25 bits per heavy atom. The molecule has 1 unspecified atom stereocenters. The zero-order valence-electron chi connectivity index (χ0n) is 12.1. The van der Waals surface area contributed by atoms with Crippen LogP contribution in [0.3, 0.4) is 0 Å². The molecule has 1 aromatic carbocycles. The maximum absolute atomic E-state index is 11.8. The fourth-order valence-corrected chi connectivity index (χ4v) is 2.08. The quantitative estimate of drug-likeness (QED) is 0.735. The highest BCUT2D eigenvalue weighted by molar-refractivity contribution is 5.80. The molecule has 1 rings (SSSR count). The van der Waals surface area contributed by atoms with Crippen molar-refractivity contribution in [1.82, 2.24) is 10.2 Å². The number of nitrogens with two attached hydrogens (primary N) is 1. The van der Waals surface area contributed by atoms with Crippen molar-refractivity contribution in [2.75, 3.05) is 26.7 Å². The molecule has 0 aromatic heterocycles. The Labute approximate surface area is 120 Å². The molecule has 0 fully saturated rings. The van der Waals surface area contributed by atoms with Crippen molar-refractivity contribution in [2.24, 2.45) is 5.73 Å². The SMILES string of the molecule is CCC(CNC(=O)CN(C)CC(N)=O)c1ccccc1. The van der Waals surface area contributed by atoms with Gasteiger partial charge < -0.3 is 11.1 Å². The Morgan fingerprint density at radius 2 is 1.90 bits per heavy atom. The molecule has 0 saturated carbocycles. The fourth-order valence-electron chi connectivity index (χ4n) is 2.08. The summed E-state index contributed by atoms with van der Waals surface area (Å²) in [6.45, 7) is 2.96. The third-order valence-electron chi connectivity index (χ3n) is 3.15. The van der Waals surface area contributed by atoms with Gasteiger partial charge in [0.2, 0.25) is 11.8 Å². The summed E-state index contributed by atoms with van der Waals surface area (Å²) in [7, 11) is 1.69. The third kappa shape index (κ3) is 5.84. The zero-order chi connectivity index (χ0) is 15.0. The molecule has 1 atom stereocenters. The number of nitrogens with zero attached hydrogens (tertiary/aromatic N) is 1. The van der Waals surface area contributed by atoms with Gasteiger partial charge in [-0.2, -0.15) is 0 Å². The van der Waals surface area contributed by atoms with E-state index >= 15 is 0 Å². The van der Waals surface area contributed by atoms with E-state index in [9.17, 15) is 9.59 Å². The molecule has 0 radical (unpaired) electrons. The lowest BCUT2D eigenvalue weighted by atomic mass is 9.96. The predicted octanol–water partition coefficient (Wildman–Crippen LogP) is 0.714. The summed E-state index contributed by atoms with van der Waals surface area (Å²) in [4.78, 5) is 24.1. The van der Waals surface area contributed by atoms with Crippen LogP contribution in [0.1, 0.15) is 24.8 Å². The van der Waals surface area contributed by atoms with Crippen molar-refractivity contribution < 1.29 is 9.59 Å². The van der Waals surface area contributed by atoms with Gasteiger partial charge in [0.25, 0.3) is 0 Å². The standard InChI is InChI=1S/C15H23N3O2/c1-3-12(13-7-5-4-6-8-13)9-17-15(20)11-18(2)10-14(16)19/h4-8,12H,3,9-11H2,1-2H3,(H2,16,19)(H,17,20). The second-order valence-corrected chi connectivity index (χ2v) is 4.96. The van der Waals surface area contributed by atoms with Crippen LogP contribution in [0.5, 0.6) is 0 Å². The summed E-state index contributed by atoms with van der Waals surface area (Å²) < 4.78 is 0. The lowest BCUT2D eigenvalue weighted by Gasteiger charge is -2.18. The van der Waals surface area contributed by atoms with Gasteiger partial charge in [-0.15, -0.1) is 0 Å². The fraction of sp³-hybridized carbons (Fsp3) is 0.467. The van der Waals surface area contributed by atoms with Crippen molar-refractivity contribution in [3.63, 3.8) is 0 Å². The molecule has 2 amide bonds. The summed E-state index contributed by atoms with van der Waals surface area (Å²) in [5.74, 6) is -0.222. The van der Waals surface area contributed by atoms with Gasteiger partial charge in [0.15, 0.2) is 0 Å². The Morgan fingerprint density at radius 3 is 2.45 bits per heavy atom. The first-order chi connectivity index (χ1) is 9.52. The van der Waals surface area contributed by atoms with Gasteiger partial charge in [-0.3, -0.25) is 14.5 Å². The van der Waals surface area contributed by atoms with Gasteiger partial charge in [0.05, 0.1) is 13.1 Å². The largest absolute Gasteiger partial charge is 0.369 e. The van der Waals surface area contributed by atoms with Crippen LogP contribution in [0.2, 0.25) is 0 Å². The summed E-state index contributed by atoms with van der Waals surface area (Å²) in [6, 6.07) is 10.1. The van der Waals surface area contributed by atoms with E-state index in [2.05, 4.69) is 24.4 Å². The first-order valence-corrected chi connectivity index (χ1v) is 6.81. The average Bonchev–Trinajstić information content (AvgIpc) is 2.39. The maximum atomic E-state index is 11.8. The molecule has 3 N–H and O–H groups in total. The zero-order valence-corrected chi connectivity index (χ0v) is 12.1. The van der Waals surface area contributed by atoms with Gasteiger partial charge in [-0.1, -0.05) is 37.3 Å². The number of likely N-dealkylation sites (N-methyl/N-ethyl adjacent to an activating group) is 1. The van der Waals surface area contributed by atoms with Gasteiger partial charge in [-0.25, -0.2) is 0 Å². The molecule has 0 aliphatic carbocycles. The normalized spacial score (nSPS) is 12.2. The molecule has 0 spiro atoms. The monoisotopic (exact) mass is 277 g/mol. The molecular weight excluding hydrogens is 254 g/mol. The minimum atomic E-state index is -0.434. The number of primary amides is 1. The molecule has 0 aliphatic heterocycles. The minimum Gasteiger partial charge on any atom is -0.369 e. The van der Waals surface area contributed by atoms with Crippen LogP contribution < -0.4 is 11.1 Å². The molecular formula is C15H23N3O2. The molecule has 110 valence electrons. The minimum absolute atomic E-state index is 0.0866. The molecule has 5 heteroatoms. The molecule has 5 nitrogen and oxygen atoms in total. The van der Waals surface area contributed by atoms with Crippen LogP contribution in [-0.4, -0.2) is 43.4 Å². The summed E-state index contributed by atoms with van der Waals surface area (Å²) in [5.41, 5.74) is 6.30. The van der Waals surface area contributed by atoms with Gasteiger partial charge in [-0.05, 0) is 19.0 Å². The van der Waals surface area contributed by atoms with Gasteiger partial charge in [0, 0.05) is 12.5 Å². The molecule has 0 aliphatic rings. The third-order valence-corrected chi connectivity index (χ3v) is 3.15. The number of amides is 2. The molecule has 20 heavy (non-hydrogen) atoms. The van der Waals surface area contributed by atoms with Gasteiger partial charge in [0.1, 0.15) is 0 Å². The molecule has 0 bridgehead atoms. The van der Waals surface area contributed by atoms with E-state index in [4.69, 9.17) is 5.73 Å². The Bertz CT molecular complexity index is 434. The van der Waals surface area contributed by atoms with Crippen LogP contribution in [0.4, 0.5) is 0 Å². The summed E-state index contributed by atoms with van der Waals surface area (Å²) in [5, 5.41) is 2.90. The van der Waals surface area contributed by atoms with E-state index in [1.54, 1.807) is 11.9 Å². The Balaban J connectivity index is 2.41. The van der Waals surface area contributed by atoms with E-state index in [1.807, 2.05) is 18.2 Å². The van der Waals surface area contributed by atoms with E-state index < -0.39 is 5.91 Å². The highest BCUT2D eigenvalue weighted by Crippen LogP contribution is 2.17. The first kappa shape index (κ1) is 16.2. The molecule has 1 aromatic rings. The van der Waals surface area contributed by atoms with E-state index in [-0.39, 0.29) is 19.0 Å². The number of carbonyl (C=O) groups excluding carboxylic acids is 2. The second kappa shape index (κ2) is 8.32. The lowest BCUT2D eigenvalue weighted by molar-refractivity contribution is -0.123. The van der Waals surface area contributed by atoms with E-state index in [1.165, 1.54) is 5.56 Å². The van der Waals surface area contributed by atoms with Crippen molar-refractivity contribution in [3.05, 3.63) is 35.9 Å². The van der Waals surface area contributed by atoms with Crippen molar-refractivity contribution in [2.45, 2.75) is 19.3 Å². The van der Waals surface area contributed by atoms with Gasteiger partial charge >= 0.3 is 0 Å². The second-order valence-electron chi connectivity index (χ2n) is 4.96. The number of carbonyl (C=O) groups is 2. The molecule has 0 saturated heterocycles. The number of hydrogen-bond donors (Lipinski definition) is 2. The number of nitrogens with one attached hydrogen (secondary N) is 1. The van der Waals surface area contributed by atoms with Crippen molar-refractivity contribution in [1.29, 1.82) is 0 Å². The van der Waals surface area contributed by atoms with Crippen molar-refractivity contribution in [3.8, 4) is 0 Å². The number of rotatable bonds is 8. The summed E-state index contributed by atoms with van der Waals surface area (Å²) >= 11 is 0. The summed E-state index contributed by atoms with van der Waals surface area (Å²) in [6.07, 6.45) is 0.960. The average molecular weight is 277 g/mol. The van der Waals surface area contributed by atoms with Crippen LogP contribution in [0.25, 0.3) is 0 Å². The number of hydrogen-bond acceptors (Lipinski definition) is 3. The predicted molar refractivity (Wildman–Crippen MR) is 79.2 cm³/mol. The van der Waals surface area contributed by atoms with Crippen LogP contribution >= 0.6 is 0 Å². The van der Waals surface area contributed by atoms with Crippen molar-refractivity contribution >= 4 is 11.8 Å². The Hall–Kier alpha value is -1.88. The number of benzene rings is 1. The lowest BCUT2D eigenvalue weighted by Crippen LogP contribution is -2.40. The van der Waals surface area contributed by atoms with Crippen LogP contribution in [0, 0.1) is 0 Å².